The van der Waals surface area contributed by atoms with Crippen molar-refractivity contribution in [2.75, 3.05) is 13.6 Å². The standard InChI is InChI=1S/C14H25N3/c1-10(2)13-11-9-12(14(3,4)5)15-17(11)8-7-16(13)6/h9-10,13H,7-8H2,1-6H3. The second-order valence-corrected chi connectivity index (χ2v) is 6.60. The van der Waals surface area contributed by atoms with Crippen molar-refractivity contribution in [1.29, 1.82) is 0 Å². The van der Waals surface area contributed by atoms with E-state index in [1.807, 2.05) is 0 Å². The van der Waals surface area contributed by atoms with Crippen molar-refractivity contribution in [2.24, 2.45) is 5.92 Å². The molecule has 2 heterocycles. The molecule has 0 saturated heterocycles. The molecule has 2 rings (SSSR count). The fourth-order valence-corrected chi connectivity index (χ4v) is 2.68. The van der Waals surface area contributed by atoms with E-state index in [1.54, 1.807) is 0 Å². The van der Waals surface area contributed by atoms with Gasteiger partial charge in [-0.05, 0) is 19.0 Å². The van der Waals surface area contributed by atoms with Crippen LogP contribution in [0.3, 0.4) is 0 Å². The van der Waals surface area contributed by atoms with Gasteiger partial charge in [-0.25, -0.2) is 0 Å². The number of nitrogens with zero attached hydrogens (tertiary/aromatic N) is 3. The predicted octanol–water partition coefficient (Wildman–Crippen LogP) is 2.82. The Morgan fingerprint density at radius 3 is 2.47 bits per heavy atom. The smallest absolute Gasteiger partial charge is 0.0681 e. The summed E-state index contributed by atoms with van der Waals surface area (Å²) in [4.78, 5) is 2.45. The Hall–Kier alpha value is -0.830. The maximum Gasteiger partial charge on any atom is 0.0681 e. The van der Waals surface area contributed by atoms with Crippen LogP contribution in [-0.4, -0.2) is 28.3 Å². The van der Waals surface area contributed by atoms with Crippen LogP contribution in [0.1, 0.15) is 52.0 Å². The van der Waals surface area contributed by atoms with Crippen LogP contribution >= 0.6 is 0 Å². The summed E-state index contributed by atoms with van der Waals surface area (Å²) in [6, 6.07) is 2.81. The summed E-state index contributed by atoms with van der Waals surface area (Å²) < 4.78 is 2.21. The Morgan fingerprint density at radius 2 is 1.94 bits per heavy atom. The highest BCUT2D eigenvalue weighted by Crippen LogP contribution is 2.33. The van der Waals surface area contributed by atoms with Crippen LogP contribution in [-0.2, 0) is 12.0 Å². The van der Waals surface area contributed by atoms with Crippen LogP contribution in [0.2, 0.25) is 0 Å². The molecule has 1 atom stereocenters. The molecule has 0 bridgehead atoms. The van der Waals surface area contributed by atoms with E-state index < -0.39 is 0 Å². The van der Waals surface area contributed by atoms with Crippen molar-refractivity contribution in [3.63, 3.8) is 0 Å². The molecule has 1 aromatic rings. The van der Waals surface area contributed by atoms with Crippen molar-refractivity contribution >= 4 is 0 Å². The summed E-state index contributed by atoms with van der Waals surface area (Å²) in [7, 11) is 2.22. The molecule has 96 valence electrons. The third kappa shape index (κ3) is 2.25. The van der Waals surface area contributed by atoms with E-state index in [4.69, 9.17) is 5.10 Å². The van der Waals surface area contributed by atoms with E-state index in [-0.39, 0.29) is 5.41 Å². The molecule has 17 heavy (non-hydrogen) atoms. The van der Waals surface area contributed by atoms with Gasteiger partial charge in [-0.3, -0.25) is 9.58 Å². The molecule has 3 heteroatoms. The number of hydrogen-bond acceptors (Lipinski definition) is 2. The number of hydrogen-bond donors (Lipinski definition) is 0. The Kier molecular flexibility index (Phi) is 3.06. The van der Waals surface area contributed by atoms with Crippen LogP contribution in [0.4, 0.5) is 0 Å². The predicted molar refractivity (Wildman–Crippen MR) is 71.1 cm³/mol. The molecular formula is C14H25N3. The molecule has 3 nitrogen and oxygen atoms in total. The maximum absolute atomic E-state index is 4.78. The Balaban J connectivity index is 2.43. The molecule has 0 aromatic carbocycles. The van der Waals surface area contributed by atoms with E-state index >= 15 is 0 Å². The van der Waals surface area contributed by atoms with Crippen LogP contribution in [0, 0.1) is 5.92 Å². The molecular weight excluding hydrogens is 210 g/mol. The average Bonchev–Trinajstić information content (AvgIpc) is 2.59. The van der Waals surface area contributed by atoms with Crippen LogP contribution in [0.15, 0.2) is 6.07 Å². The first-order chi connectivity index (χ1) is 7.80. The molecule has 0 radical (unpaired) electrons. The van der Waals surface area contributed by atoms with Crippen LogP contribution in [0.25, 0.3) is 0 Å². The fraction of sp³-hybridized carbons (Fsp3) is 0.786. The molecule has 0 aliphatic carbocycles. The van der Waals surface area contributed by atoms with Gasteiger partial charge < -0.3 is 0 Å². The fourth-order valence-electron chi connectivity index (χ4n) is 2.68. The van der Waals surface area contributed by atoms with Gasteiger partial charge in [0, 0.05) is 12.0 Å². The zero-order chi connectivity index (χ0) is 12.8. The summed E-state index contributed by atoms with van der Waals surface area (Å²) in [5.41, 5.74) is 2.75. The quantitative estimate of drug-likeness (QED) is 0.746. The van der Waals surface area contributed by atoms with Gasteiger partial charge in [0.05, 0.1) is 24.0 Å². The largest absolute Gasteiger partial charge is 0.296 e. The molecule has 0 spiro atoms. The van der Waals surface area contributed by atoms with Gasteiger partial charge in [-0.15, -0.1) is 0 Å². The molecule has 0 saturated carbocycles. The SMILES string of the molecule is CC(C)C1c2cc(C(C)(C)C)nn2CCN1C. The summed E-state index contributed by atoms with van der Waals surface area (Å²) in [6.07, 6.45) is 0. The summed E-state index contributed by atoms with van der Waals surface area (Å²) in [5, 5.41) is 4.78. The lowest BCUT2D eigenvalue weighted by molar-refractivity contribution is 0.147. The second kappa shape index (κ2) is 4.13. The average molecular weight is 235 g/mol. The molecule has 1 aromatic heterocycles. The van der Waals surface area contributed by atoms with E-state index in [1.165, 1.54) is 11.4 Å². The third-order valence-electron chi connectivity index (χ3n) is 3.65. The minimum atomic E-state index is 0.143. The number of fused-ring (bicyclic) bond motifs is 1. The topological polar surface area (TPSA) is 21.1 Å². The number of likely N-dealkylation sites (N-methyl/N-ethyl adjacent to an activating group) is 1. The summed E-state index contributed by atoms with van der Waals surface area (Å²) >= 11 is 0. The van der Waals surface area contributed by atoms with Gasteiger partial charge in [0.25, 0.3) is 0 Å². The third-order valence-corrected chi connectivity index (χ3v) is 3.65. The highest BCUT2D eigenvalue weighted by Gasteiger charge is 2.31. The van der Waals surface area contributed by atoms with Crippen molar-refractivity contribution in [3.05, 3.63) is 17.5 Å². The van der Waals surface area contributed by atoms with E-state index in [9.17, 15) is 0 Å². The first-order valence-electron chi connectivity index (χ1n) is 6.59. The minimum absolute atomic E-state index is 0.143. The lowest BCUT2D eigenvalue weighted by Gasteiger charge is -2.35. The molecule has 0 amide bonds. The molecule has 0 N–H and O–H groups in total. The Labute approximate surface area is 105 Å². The van der Waals surface area contributed by atoms with E-state index in [0.29, 0.717) is 12.0 Å². The highest BCUT2D eigenvalue weighted by atomic mass is 15.3. The normalized spacial score (nSPS) is 21.9. The Bertz CT molecular complexity index is 398. The van der Waals surface area contributed by atoms with E-state index in [2.05, 4.69) is 57.3 Å². The molecule has 0 fully saturated rings. The van der Waals surface area contributed by atoms with Gasteiger partial charge in [0.1, 0.15) is 0 Å². The van der Waals surface area contributed by atoms with Crippen LogP contribution in [0.5, 0.6) is 0 Å². The zero-order valence-electron chi connectivity index (χ0n) is 12.0. The number of rotatable bonds is 1. The van der Waals surface area contributed by atoms with Gasteiger partial charge in [-0.2, -0.15) is 5.10 Å². The van der Waals surface area contributed by atoms with Gasteiger partial charge in [-0.1, -0.05) is 34.6 Å². The van der Waals surface area contributed by atoms with Gasteiger partial charge in [0.2, 0.25) is 0 Å². The van der Waals surface area contributed by atoms with Crippen LogP contribution < -0.4 is 0 Å². The lowest BCUT2D eigenvalue weighted by atomic mass is 9.90. The maximum atomic E-state index is 4.78. The summed E-state index contributed by atoms with van der Waals surface area (Å²) in [5.74, 6) is 0.628. The van der Waals surface area contributed by atoms with Gasteiger partial charge in [0.15, 0.2) is 0 Å². The van der Waals surface area contributed by atoms with Crippen molar-refractivity contribution in [3.8, 4) is 0 Å². The van der Waals surface area contributed by atoms with Gasteiger partial charge >= 0.3 is 0 Å². The van der Waals surface area contributed by atoms with Crippen molar-refractivity contribution < 1.29 is 0 Å². The summed E-state index contributed by atoms with van der Waals surface area (Å²) in [6.45, 7) is 13.4. The highest BCUT2D eigenvalue weighted by molar-refractivity contribution is 5.21. The number of aromatic nitrogens is 2. The molecule has 1 aliphatic heterocycles. The monoisotopic (exact) mass is 235 g/mol. The zero-order valence-corrected chi connectivity index (χ0v) is 12.0. The molecule has 1 aliphatic rings. The first kappa shape index (κ1) is 12.6. The minimum Gasteiger partial charge on any atom is -0.296 e. The lowest BCUT2D eigenvalue weighted by Crippen LogP contribution is -2.37. The molecule has 1 unspecified atom stereocenters. The first-order valence-corrected chi connectivity index (χ1v) is 6.59. The van der Waals surface area contributed by atoms with Crippen molar-refractivity contribution in [2.45, 2.75) is 52.6 Å². The van der Waals surface area contributed by atoms with Crippen molar-refractivity contribution in [1.82, 2.24) is 14.7 Å². The second-order valence-electron chi connectivity index (χ2n) is 6.60. The van der Waals surface area contributed by atoms with E-state index in [0.717, 1.165) is 13.1 Å². The Morgan fingerprint density at radius 1 is 1.29 bits per heavy atom.